The van der Waals surface area contributed by atoms with E-state index in [1.165, 1.54) is 24.4 Å². The van der Waals surface area contributed by atoms with Gasteiger partial charge in [-0.15, -0.1) is 0 Å². The SMILES string of the molecule is NC(=O)c1cc(F)c(NC2CCCCC2N)nc1Nc1ccnc(-c2cccc(F)c2F)c1. The molecule has 0 saturated heterocycles. The number of primary amides is 1. The zero-order valence-electron chi connectivity index (χ0n) is 17.6. The number of anilines is 3. The summed E-state index contributed by atoms with van der Waals surface area (Å²) in [6.45, 7) is 0. The van der Waals surface area contributed by atoms with Gasteiger partial charge in [0, 0.05) is 29.5 Å². The van der Waals surface area contributed by atoms with Gasteiger partial charge in [0.05, 0.1) is 11.3 Å². The van der Waals surface area contributed by atoms with E-state index in [9.17, 15) is 18.0 Å². The zero-order valence-corrected chi connectivity index (χ0v) is 17.6. The molecule has 172 valence electrons. The molecule has 0 spiro atoms. The first-order valence-corrected chi connectivity index (χ1v) is 10.5. The van der Waals surface area contributed by atoms with Crippen LogP contribution in [0.25, 0.3) is 11.3 Å². The second-order valence-electron chi connectivity index (χ2n) is 7.93. The Morgan fingerprint density at radius 1 is 1.03 bits per heavy atom. The van der Waals surface area contributed by atoms with Gasteiger partial charge >= 0.3 is 0 Å². The fourth-order valence-corrected chi connectivity index (χ4v) is 3.88. The third-order valence-electron chi connectivity index (χ3n) is 5.63. The molecule has 2 unspecified atom stereocenters. The number of carbonyl (C=O) groups excluding carboxylic acids is 1. The van der Waals surface area contributed by atoms with Crippen molar-refractivity contribution in [1.82, 2.24) is 9.97 Å². The highest BCUT2D eigenvalue weighted by Gasteiger charge is 2.24. The van der Waals surface area contributed by atoms with Crippen molar-refractivity contribution in [3.63, 3.8) is 0 Å². The van der Waals surface area contributed by atoms with Gasteiger partial charge in [0.2, 0.25) is 0 Å². The van der Waals surface area contributed by atoms with Crippen LogP contribution in [0.2, 0.25) is 0 Å². The number of benzene rings is 1. The monoisotopic (exact) mass is 456 g/mol. The van der Waals surface area contributed by atoms with E-state index in [1.54, 1.807) is 6.07 Å². The van der Waals surface area contributed by atoms with Crippen molar-refractivity contribution in [3.8, 4) is 11.3 Å². The number of amides is 1. The molecule has 1 aliphatic carbocycles. The number of carbonyl (C=O) groups is 1. The molecule has 7 nitrogen and oxygen atoms in total. The Kier molecular flexibility index (Phi) is 6.45. The zero-order chi connectivity index (χ0) is 23.5. The number of hydrogen-bond acceptors (Lipinski definition) is 6. The van der Waals surface area contributed by atoms with Crippen molar-refractivity contribution in [1.29, 1.82) is 0 Å². The maximum atomic E-state index is 14.7. The normalized spacial score (nSPS) is 18.1. The topological polar surface area (TPSA) is 119 Å². The number of nitrogens with two attached hydrogens (primary N) is 2. The van der Waals surface area contributed by atoms with Crippen LogP contribution in [0.1, 0.15) is 36.0 Å². The summed E-state index contributed by atoms with van der Waals surface area (Å²) in [6, 6.07) is 7.48. The second kappa shape index (κ2) is 9.45. The van der Waals surface area contributed by atoms with Gasteiger partial charge in [-0.25, -0.2) is 18.2 Å². The average molecular weight is 456 g/mol. The summed E-state index contributed by atoms with van der Waals surface area (Å²) in [5, 5.41) is 5.94. The molecule has 10 heteroatoms. The van der Waals surface area contributed by atoms with Crippen LogP contribution in [0.4, 0.5) is 30.5 Å². The molecule has 0 bridgehead atoms. The largest absolute Gasteiger partial charge is 0.365 e. The lowest BCUT2D eigenvalue weighted by Crippen LogP contribution is -2.43. The minimum Gasteiger partial charge on any atom is -0.365 e. The van der Waals surface area contributed by atoms with Gasteiger partial charge < -0.3 is 22.1 Å². The lowest BCUT2D eigenvalue weighted by Gasteiger charge is -2.30. The lowest BCUT2D eigenvalue weighted by atomic mass is 9.91. The number of halogens is 3. The Hall–Kier alpha value is -3.66. The third kappa shape index (κ3) is 4.90. The van der Waals surface area contributed by atoms with Crippen molar-refractivity contribution < 1.29 is 18.0 Å². The van der Waals surface area contributed by atoms with Gasteiger partial charge in [-0.1, -0.05) is 18.9 Å². The molecule has 0 aliphatic heterocycles. The second-order valence-corrected chi connectivity index (χ2v) is 7.93. The highest BCUT2D eigenvalue weighted by molar-refractivity contribution is 5.98. The van der Waals surface area contributed by atoms with E-state index in [0.717, 1.165) is 37.8 Å². The van der Waals surface area contributed by atoms with Crippen LogP contribution in [-0.2, 0) is 0 Å². The summed E-state index contributed by atoms with van der Waals surface area (Å²) in [4.78, 5) is 20.2. The molecule has 1 aromatic carbocycles. The fourth-order valence-electron chi connectivity index (χ4n) is 3.88. The van der Waals surface area contributed by atoms with Gasteiger partial charge in [-0.3, -0.25) is 9.78 Å². The Bertz CT molecular complexity index is 1190. The van der Waals surface area contributed by atoms with Crippen LogP contribution in [-0.4, -0.2) is 28.0 Å². The van der Waals surface area contributed by atoms with E-state index in [4.69, 9.17) is 11.5 Å². The smallest absolute Gasteiger partial charge is 0.252 e. The van der Waals surface area contributed by atoms with E-state index in [2.05, 4.69) is 20.6 Å². The molecular formula is C23H23F3N6O. The Balaban J connectivity index is 1.67. The number of pyridine rings is 2. The highest BCUT2D eigenvalue weighted by atomic mass is 19.2. The summed E-state index contributed by atoms with van der Waals surface area (Å²) in [7, 11) is 0. The van der Waals surface area contributed by atoms with Crippen molar-refractivity contribution >= 4 is 23.2 Å². The molecule has 1 aliphatic rings. The molecular weight excluding hydrogens is 433 g/mol. The minimum absolute atomic E-state index is 0.00708. The molecule has 1 saturated carbocycles. The van der Waals surface area contributed by atoms with Gasteiger partial charge in [0.25, 0.3) is 5.91 Å². The van der Waals surface area contributed by atoms with Gasteiger partial charge in [0.1, 0.15) is 5.82 Å². The highest BCUT2D eigenvalue weighted by Crippen LogP contribution is 2.29. The van der Waals surface area contributed by atoms with Crippen LogP contribution in [0.5, 0.6) is 0 Å². The quantitative estimate of drug-likeness (QED) is 0.444. The lowest BCUT2D eigenvalue weighted by molar-refractivity contribution is 0.100. The van der Waals surface area contributed by atoms with Crippen molar-refractivity contribution in [2.45, 2.75) is 37.8 Å². The molecule has 4 rings (SSSR count). The standard InChI is InChI=1S/C23H23F3N6O/c24-15-5-3-4-13(20(15)26)19-10-12(8-9-29-19)30-22-14(21(28)33)11-16(25)23(32-22)31-18-7-2-1-6-17(18)27/h3-5,8-11,17-18H,1-2,6-7,27H2,(H2,28,33)(H2,29,30,31,32). The van der Waals surface area contributed by atoms with E-state index in [1.807, 2.05) is 0 Å². The van der Waals surface area contributed by atoms with Crippen molar-refractivity contribution in [2.75, 3.05) is 10.6 Å². The fraction of sp³-hybridized carbons (Fsp3) is 0.261. The number of nitrogens with zero attached hydrogens (tertiary/aromatic N) is 2. The van der Waals surface area contributed by atoms with Crippen LogP contribution >= 0.6 is 0 Å². The summed E-state index contributed by atoms with van der Waals surface area (Å²) in [5.74, 6) is -3.70. The molecule has 6 N–H and O–H groups in total. The minimum atomic E-state index is -1.03. The first kappa shape index (κ1) is 22.5. The average Bonchev–Trinajstić information content (AvgIpc) is 2.79. The third-order valence-corrected chi connectivity index (χ3v) is 5.63. The molecule has 1 fully saturated rings. The summed E-state index contributed by atoms with van der Waals surface area (Å²) in [5.41, 5.74) is 11.9. The number of rotatable bonds is 6. The maximum absolute atomic E-state index is 14.7. The molecule has 33 heavy (non-hydrogen) atoms. The van der Waals surface area contributed by atoms with Crippen molar-refractivity contribution in [2.24, 2.45) is 11.5 Å². The molecule has 0 radical (unpaired) electrons. The van der Waals surface area contributed by atoms with E-state index in [0.29, 0.717) is 5.69 Å². The number of nitrogens with one attached hydrogen (secondary N) is 2. The summed E-state index contributed by atoms with van der Waals surface area (Å²) in [6.07, 6.45) is 4.96. The Labute approximate surface area is 188 Å². The van der Waals surface area contributed by atoms with Crippen LogP contribution in [0.3, 0.4) is 0 Å². The predicted octanol–water partition coefficient (Wildman–Crippen LogP) is 4.09. The maximum Gasteiger partial charge on any atom is 0.252 e. The molecule has 3 aromatic rings. The molecule has 2 aromatic heterocycles. The molecule has 1 amide bonds. The summed E-state index contributed by atoms with van der Waals surface area (Å²) < 4.78 is 42.5. The van der Waals surface area contributed by atoms with Crippen LogP contribution in [0.15, 0.2) is 42.6 Å². The molecule has 2 atom stereocenters. The Morgan fingerprint density at radius 3 is 2.58 bits per heavy atom. The number of aromatic nitrogens is 2. The van der Waals surface area contributed by atoms with Crippen molar-refractivity contribution in [3.05, 3.63) is 65.6 Å². The predicted molar refractivity (Wildman–Crippen MR) is 119 cm³/mol. The van der Waals surface area contributed by atoms with E-state index < -0.39 is 23.4 Å². The first-order chi connectivity index (χ1) is 15.8. The van der Waals surface area contributed by atoms with Crippen LogP contribution in [0, 0.1) is 17.5 Å². The van der Waals surface area contributed by atoms with Gasteiger partial charge in [-0.05, 0) is 43.2 Å². The molecule has 2 heterocycles. The van der Waals surface area contributed by atoms with E-state index >= 15 is 0 Å². The van der Waals surface area contributed by atoms with Gasteiger partial charge in [0.15, 0.2) is 23.3 Å². The summed E-state index contributed by atoms with van der Waals surface area (Å²) >= 11 is 0. The first-order valence-electron chi connectivity index (χ1n) is 10.5. The number of hydrogen-bond donors (Lipinski definition) is 4. The van der Waals surface area contributed by atoms with Gasteiger partial charge in [-0.2, -0.15) is 0 Å². The van der Waals surface area contributed by atoms with Crippen LogP contribution < -0.4 is 22.1 Å². The Morgan fingerprint density at radius 2 is 1.82 bits per heavy atom. The van der Waals surface area contributed by atoms with E-state index in [-0.39, 0.29) is 40.5 Å².